The van der Waals surface area contributed by atoms with E-state index in [0.29, 0.717) is 0 Å². The maximum atomic E-state index is 4.65. The fourth-order valence-corrected chi connectivity index (χ4v) is 3.01. The van der Waals surface area contributed by atoms with Crippen LogP contribution in [0.15, 0.2) is 40.4 Å². The van der Waals surface area contributed by atoms with Crippen LogP contribution < -0.4 is 0 Å². The molecule has 0 N–H and O–H groups in total. The Bertz CT molecular complexity index is 640. The number of imidazole rings is 1. The largest absolute Gasteiger partial charge is 0.305 e. The Hall–Kier alpha value is -1.13. The number of aryl methyl sites for hydroxylation is 1. The van der Waals surface area contributed by atoms with Gasteiger partial charge in [0.05, 0.1) is 10.6 Å². The molecule has 0 spiro atoms. The summed E-state index contributed by atoms with van der Waals surface area (Å²) < 4.78 is 3.14. The summed E-state index contributed by atoms with van der Waals surface area (Å²) in [6, 6.07) is 6.23. The molecule has 3 heterocycles. The zero-order valence-corrected chi connectivity index (χ0v) is 11.0. The number of rotatable bonds is 1. The van der Waals surface area contributed by atoms with Crippen molar-refractivity contribution in [2.45, 2.75) is 6.92 Å². The number of fused-ring (bicyclic) bond motifs is 1. The lowest BCUT2D eigenvalue weighted by molar-refractivity contribution is 1.15. The molecule has 0 saturated carbocycles. The molecule has 0 amide bonds. The van der Waals surface area contributed by atoms with Crippen molar-refractivity contribution in [2.75, 3.05) is 0 Å². The Kier molecular flexibility index (Phi) is 2.33. The predicted octanol–water partition coefficient (Wildman–Crippen LogP) is 4.13. The first kappa shape index (κ1) is 10.1. The number of pyridine rings is 1. The van der Waals surface area contributed by atoms with E-state index in [9.17, 15) is 0 Å². The first-order valence-electron chi connectivity index (χ1n) is 4.93. The van der Waals surface area contributed by atoms with Crippen LogP contribution >= 0.6 is 27.3 Å². The normalized spacial score (nSPS) is 11.1. The van der Waals surface area contributed by atoms with E-state index < -0.39 is 0 Å². The quantitative estimate of drug-likeness (QED) is 0.659. The van der Waals surface area contributed by atoms with Crippen molar-refractivity contribution in [2.24, 2.45) is 0 Å². The van der Waals surface area contributed by atoms with Gasteiger partial charge in [-0.15, -0.1) is 11.3 Å². The van der Waals surface area contributed by atoms with Crippen molar-refractivity contribution in [1.82, 2.24) is 9.38 Å². The Labute approximate surface area is 106 Å². The third-order valence-electron chi connectivity index (χ3n) is 2.48. The summed E-state index contributed by atoms with van der Waals surface area (Å²) in [6.07, 6.45) is 4.10. The summed E-state index contributed by atoms with van der Waals surface area (Å²) in [5, 5.41) is 2.07. The van der Waals surface area contributed by atoms with Gasteiger partial charge in [-0.2, -0.15) is 0 Å². The SMILES string of the molecule is Cc1cc(Br)cn2cc(-c3cccs3)nc12. The molecule has 0 aliphatic carbocycles. The number of nitrogens with zero attached hydrogens (tertiary/aromatic N) is 2. The topological polar surface area (TPSA) is 17.3 Å². The van der Waals surface area contributed by atoms with Gasteiger partial charge in [0.2, 0.25) is 0 Å². The zero-order chi connectivity index (χ0) is 11.1. The fraction of sp³-hybridized carbons (Fsp3) is 0.0833. The molecule has 2 nitrogen and oxygen atoms in total. The average Bonchev–Trinajstić information content (AvgIpc) is 2.82. The smallest absolute Gasteiger partial charge is 0.140 e. The minimum Gasteiger partial charge on any atom is -0.305 e. The molecule has 80 valence electrons. The number of hydrogen-bond acceptors (Lipinski definition) is 2. The van der Waals surface area contributed by atoms with Crippen LogP contribution in [0.4, 0.5) is 0 Å². The van der Waals surface area contributed by atoms with E-state index in [4.69, 9.17) is 0 Å². The van der Waals surface area contributed by atoms with Crippen LogP contribution in [-0.4, -0.2) is 9.38 Å². The van der Waals surface area contributed by atoms with E-state index in [1.807, 2.05) is 12.3 Å². The molecule has 0 aliphatic rings. The van der Waals surface area contributed by atoms with Gasteiger partial charge >= 0.3 is 0 Å². The van der Waals surface area contributed by atoms with Gasteiger partial charge in [0.25, 0.3) is 0 Å². The highest BCUT2D eigenvalue weighted by Gasteiger charge is 2.07. The van der Waals surface area contributed by atoms with Gasteiger partial charge in [-0.1, -0.05) is 6.07 Å². The van der Waals surface area contributed by atoms with Crippen LogP contribution in [0.1, 0.15) is 5.56 Å². The molecule has 0 unspecified atom stereocenters. The molecule has 4 heteroatoms. The second-order valence-electron chi connectivity index (χ2n) is 3.68. The highest BCUT2D eigenvalue weighted by atomic mass is 79.9. The molecule has 3 aromatic rings. The first-order chi connectivity index (χ1) is 7.74. The second kappa shape index (κ2) is 3.71. The monoisotopic (exact) mass is 292 g/mol. The summed E-state index contributed by atoms with van der Waals surface area (Å²) in [6.45, 7) is 2.07. The van der Waals surface area contributed by atoms with Crippen molar-refractivity contribution in [1.29, 1.82) is 0 Å². The van der Waals surface area contributed by atoms with Crippen LogP contribution in [-0.2, 0) is 0 Å². The first-order valence-corrected chi connectivity index (χ1v) is 6.60. The molecule has 0 saturated heterocycles. The van der Waals surface area contributed by atoms with Crippen LogP contribution in [0.3, 0.4) is 0 Å². The molecular weight excluding hydrogens is 284 g/mol. The number of halogens is 1. The predicted molar refractivity (Wildman–Crippen MR) is 70.9 cm³/mol. The van der Waals surface area contributed by atoms with E-state index in [-0.39, 0.29) is 0 Å². The van der Waals surface area contributed by atoms with E-state index in [0.717, 1.165) is 15.8 Å². The molecule has 0 radical (unpaired) electrons. The maximum Gasteiger partial charge on any atom is 0.140 e. The highest BCUT2D eigenvalue weighted by Crippen LogP contribution is 2.26. The van der Waals surface area contributed by atoms with Gasteiger partial charge in [0.15, 0.2) is 0 Å². The van der Waals surface area contributed by atoms with Gasteiger partial charge in [-0.05, 0) is 45.9 Å². The standard InChI is InChI=1S/C12H9BrN2S/c1-8-5-9(13)6-15-7-10(14-12(8)15)11-3-2-4-16-11/h2-7H,1H3. The lowest BCUT2D eigenvalue weighted by Crippen LogP contribution is -1.86. The Balaban J connectivity index is 2.27. The molecule has 16 heavy (non-hydrogen) atoms. The third-order valence-corrected chi connectivity index (χ3v) is 3.80. The molecule has 0 bridgehead atoms. The van der Waals surface area contributed by atoms with Crippen LogP contribution in [0.25, 0.3) is 16.2 Å². The molecule has 0 fully saturated rings. The molecule has 0 aliphatic heterocycles. The number of aromatic nitrogens is 2. The van der Waals surface area contributed by atoms with Crippen molar-refractivity contribution in [3.05, 3.63) is 46.0 Å². The van der Waals surface area contributed by atoms with Crippen molar-refractivity contribution in [3.63, 3.8) is 0 Å². The summed E-state index contributed by atoms with van der Waals surface area (Å²) in [5.74, 6) is 0. The molecule has 3 rings (SSSR count). The number of thiophene rings is 1. The van der Waals surface area contributed by atoms with Gasteiger partial charge in [-0.25, -0.2) is 4.98 Å². The summed E-state index contributed by atoms with van der Waals surface area (Å²) in [7, 11) is 0. The number of hydrogen-bond donors (Lipinski definition) is 0. The lowest BCUT2D eigenvalue weighted by Gasteiger charge is -1.97. The van der Waals surface area contributed by atoms with E-state index >= 15 is 0 Å². The van der Waals surface area contributed by atoms with E-state index in [2.05, 4.69) is 55.9 Å². The molecular formula is C12H9BrN2S. The van der Waals surface area contributed by atoms with Crippen molar-refractivity contribution < 1.29 is 0 Å². The maximum absolute atomic E-state index is 4.65. The van der Waals surface area contributed by atoms with Crippen molar-refractivity contribution >= 4 is 32.9 Å². The Morgan fingerprint density at radius 2 is 2.25 bits per heavy atom. The summed E-state index contributed by atoms with van der Waals surface area (Å²) >= 11 is 5.21. The zero-order valence-electron chi connectivity index (χ0n) is 8.64. The second-order valence-corrected chi connectivity index (χ2v) is 5.54. The third kappa shape index (κ3) is 1.58. The Morgan fingerprint density at radius 1 is 1.38 bits per heavy atom. The van der Waals surface area contributed by atoms with Gasteiger partial charge in [0, 0.05) is 16.9 Å². The Morgan fingerprint density at radius 3 is 3.00 bits per heavy atom. The summed E-state index contributed by atoms with van der Waals surface area (Å²) in [5.41, 5.74) is 3.24. The average molecular weight is 293 g/mol. The lowest BCUT2D eigenvalue weighted by atomic mass is 10.3. The fourth-order valence-electron chi connectivity index (χ4n) is 1.77. The van der Waals surface area contributed by atoms with Crippen molar-refractivity contribution in [3.8, 4) is 10.6 Å². The van der Waals surface area contributed by atoms with E-state index in [1.165, 1.54) is 10.4 Å². The van der Waals surface area contributed by atoms with Gasteiger partial charge in [0.1, 0.15) is 5.65 Å². The van der Waals surface area contributed by atoms with Crippen LogP contribution in [0, 0.1) is 6.92 Å². The molecule has 0 atom stereocenters. The van der Waals surface area contributed by atoms with E-state index in [1.54, 1.807) is 11.3 Å². The minimum absolute atomic E-state index is 1.02. The molecule has 3 aromatic heterocycles. The van der Waals surface area contributed by atoms with Gasteiger partial charge < -0.3 is 4.40 Å². The highest BCUT2D eigenvalue weighted by molar-refractivity contribution is 9.10. The molecule has 0 aromatic carbocycles. The minimum atomic E-state index is 1.02. The van der Waals surface area contributed by atoms with Crippen LogP contribution in [0.2, 0.25) is 0 Å². The summed E-state index contributed by atoms with van der Waals surface area (Å²) in [4.78, 5) is 5.86. The van der Waals surface area contributed by atoms with Crippen LogP contribution in [0.5, 0.6) is 0 Å². The van der Waals surface area contributed by atoms with Gasteiger partial charge in [-0.3, -0.25) is 0 Å².